The Hall–Kier alpha value is -2.44. The standard InChI is InChI=1S/C13H17N5O2/c1-3-4-8-18-16-13(15-17-18)14-12(19)10-6-5-7-11(9-10)20-2/h5-7,9H,3-4,8H2,1-2H3,(H,14,16,19). The normalized spacial score (nSPS) is 10.3. The molecule has 20 heavy (non-hydrogen) atoms. The first-order chi connectivity index (χ1) is 9.72. The number of benzene rings is 1. The summed E-state index contributed by atoms with van der Waals surface area (Å²) in [6.07, 6.45) is 2.02. The monoisotopic (exact) mass is 275 g/mol. The summed E-state index contributed by atoms with van der Waals surface area (Å²) in [5.74, 6) is 0.532. The SMILES string of the molecule is CCCCn1nnc(NC(=O)c2cccc(OC)c2)n1. The molecule has 0 aliphatic carbocycles. The highest BCUT2D eigenvalue weighted by molar-refractivity contribution is 6.03. The fraction of sp³-hybridized carbons (Fsp3) is 0.385. The molecule has 0 bridgehead atoms. The lowest BCUT2D eigenvalue weighted by molar-refractivity contribution is 0.102. The highest BCUT2D eigenvalue weighted by Gasteiger charge is 2.10. The van der Waals surface area contributed by atoms with Gasteiger partial charge in [-0.3, -0.25) is 10.1 Å². The Morgan fingerprint density at radius 1 is 1.45 bits per heavy atom. The number of carbonyl (C=O) groups excluding carboxylic acids is 1. The summed E-state index contributed by atoms with van der Waals surface area (Å²) in [6.45, 7) is 2.78. The lowest BCUT2D eigenvalue weighted by Gasteiger charge is -2.03. The van der Waals surface area contributed by atoms with Gasteiger partial charge >= 0.3 is 0 Å². The molecule has 0 aliphatic heterocycles. The number of aromatic nitrogens is 4. The van der Waals surface area contributed by atoms with Crippen LogP contribution < -0.4 is 10.1 Å². The van der Waals surface area contributed by atoms with Crippen molar-refractivity contribution in [3.63, 3.8) is 0 Å². The van der Waals surface area contributed by atoms with E-state index in [0.29, 0.717) is 17.9 Å². The Balaban J connectivity index is 2.01. The predicted octanol–water partition coefficient (Wildman–Crippen LogP) is 1.73. The average molecular weight is 275 g/mol. The van der Waals surface area contributed by atoms with E-state index in [1.165, 1.54) is 4.80 Å². The summed E-state index contributed by atoms with van der Waals surface area (Å²) in [7, 11) is 1.55. The van der Waals surface area contributed by atoms with Crippen molar-refractivity contribution in [1.29, 1.82) is 0 Å². The fourth-order valence-corrected chi connectivity index (χ4v) is 1.63. The van der Waals surface area contributed by atoms with Crippen molar-refractivity contribution in [2.24, 2.45) is 0 Å². The van der Waals surface area contributed by atoms with Crippen molar-refractivity contribution in [3.05, 3.63) is 29.8 Å². The van der Waals surface area contributed by atoms with Crippen LogP contribution in [-0.4, -0.2) is 33.2 Å². The zero-order valence-corrected chi connectivity index (χ0v) is 11.5. The van der Waals surface area contributed by atoms with Crippen LogP contribution in [0.25, 0.3) is 0 Å². The first kappa shape index (κ1) is 14.0. The zero-order chi connectivity index (χ0) is 14.4. The van der Waals surface area contributed by atoms with Gasteiger partial charge in [-0.2, -0.15) is 4.80 Å². The van der Waals surface area contributed by atoms with Gasteiger partial charge in [0.05, 0.1) is 13.7 Å². The minimum absolute atomic E-state index is 0.203. The van der Waals surface area contributed by atoms with Crippen LogP contribution in [0, 0.1) is 0 Å². The van der Waals surface area contributed by atoms with Gasteiger partial charge in [-0.05, 0) is 29.8 Å². The second kappa shape index (κ2) is 6.65. The van der Waals surface area contributed by atoms with Crippen LogP contribution in [0.1, 0.15) is 30.1 Å². The van der Waals surface area contributed by atoms with Crippen LogP contribution in [0.3, 0.4) is 0 Å². The van der Waals surface area contributed by atoms with Crippen molar-refractivity contribution >= 4 is 11.9 Å². The van der Waals surface area contributed by atoms with Crippen LogP contribution in [0.2, 0.25) is 0 Å². The molecule has 1 N–H and O–H groups in total. The van der Waals surface area contributed by atoms with Crippen LogP contribution in [0.15, 0.2) is 24.3 Å². The Morgan fingerprint density at radius 3 is 3.05 bits per heavy atom. The van der Waals surface area contributed by atoms with Gasteiger partial charge in [0, 0.05) is 5.56 Å². The number of anilines is 1. The minimum atomic E-state index is -0.293. The van der Waals surface area contributed by atoms with E-state index in [2.05, 4.69) is 27.7 Å². The van der Waals surface area contributed by atoms with E-state index in [-0.39, 0.29) is 11.9 Å². The van der Waals surface area contributed by atoms with Crippen molar-refractivity contribution < 1.29 is 9.53 Å². The predicted molar refractivity (Wildman–Crippen MR) is 73.7 cm³/mol. The van der Waals surface area contributed by atoms with E-state index < -0.39 is 0 Å². The highest BCUT2D eigenvalue weighted by Crippen LogP contribution is 2.13. The van der Waals surface area contributed by atoms with E-state index in [0.717, 1.165) is 12.8 Å². The van der Waals surface area contributed by atoms with Gasteiger partial charge in [-0.15, -0.1) is 5.10 Å². The maximum atomic E-state index is 12.0. The smallest absolute Gasteiger partial charge is 0.270 e. The molecule has 0 radical (unpaired) electrons. The average Bonchev–Trinajstić information content (AvgIpc) is 2.92. The number of aryl methyl sites for hydroxylation is 1. The molecule has 1 aromatic carbocycles. The minimum Gasteiger partial charge on any atom is -0.497 e. The van der Waals surface area contributed by atoms with Crippen LogP contribution >= 0.6 is 0 Å². The number of tetrazole rings is 1. The molecule has 1 aromatic heterocycles. The Kier molecular flexibility index (Phi) is 4.65. The second-order valence-electron chi connectivity index (χ2n) is 4.25. The maximum absolute atomic E-state index is 12.0. The number of hydrogen-bond acceptors (Lipinski definition) is 5. The van der Waals surface area contributed by atoms with E-state index in [9.17, 15) is 4.79 Å². The number of amides is 1. The largest absolute Gasteiger partial charge is 0.497 e. The van der Waals surface area contributed by atoms with Gasteiger partial charge in [0.2, 0.25) is 0 Å². The first-order valence-electron chi connectivity index (χ1n) is 6.46. The van der Waals surface area contributed by atoms with Gasteiger partial charge < -0.3 is 4.74 Å². The number of unbranched alkanes of at least 4 members (excludes halogenated alkanes) is 1. The van der Waals surface area contributed by atoms with E-state index >= 15 is 0 Å². The number of hydrogen-bond donors (Lipinski definition) is 1. The lowest BCUT2D eigenvalue weighted by atomic mass is 10.2. The second-order valence-corrected chi connectivity index (χ2v) is 4.25. The molecule has 106 valence electrons. The maximum Gasteiger partial charge on any atom is 0.270 e. The number of rotatable bonds is 6. The fourth-order valence-electron chi connectivity index (χ4n) is 1.63. The van der Waals surface area contributed by atoms with Crippen LogP contribution in [-0.2, 0) is 6.54 Å². The van der Waals surface area contributed by atoms with Crippen molar-refractivity contribution in [2.75, 3.05) is 12.4 Å². The molecule has 7 heteroatoms. The van der Waals surface area contributed by atoms with Crippen molar-refractivity contribution in [3.8, 4) is 5.75 Å². The third kappa shape index (κ3) is 3.53. The third-order valence-corrected chi connectivity index (χ3v) is 2.72. The van der Waals surface area contributed by atoms with Crippen molar-refractivity contribution in [2.45, 2.75) is 26.3 Å². The van der Waals surface area contributed by atoms with Crippen LogP contribution in [0.4, 0.5) is 5.95 Å². The molecule has 0 fully saturated rings. The lowest BCUT2D eigenvalue weighted by Crippen LogP contribution is -2.13. The molecule has 0 spiro atoms. The Morgan fingerprint density at radius 2 is 2.30 bits per heavy atom. The molecular weight excluding hydrogens is 258 g/mol. The highest BCUT2D eigenvalue weighted by atomic mass is 16.5. The summed E-state index contributed by atoms with van der Waals surface area (Å²) in [6, 6.07) is 6.87. The van der Waals surface area contributed by atoms with E-state index in [1.54, 1.807) is 31.4 Å². The topological polar surface area (TPSA) is 81.9 Å². The molecule has 0 aliphatic rings. The molecule has 0 saturated heterocycles. The molecule has 0 unspecified atom stereocenters. The van der Waals surface area contributed by atoms with E-state index in [4.69, 9.17) is 4.74 Å². The van der Waals surface area contributed by atoms with Crippen LogP contribution in [0.5, 0.6) is 5.75 Å². The quantitative estimate of drug-likeness (QED) is 0.868. The number of ether oxygens (including phenoxy) is 1. The summed E-state index contributed by atoms with van der Waals surface area (Å²) in [5.41, 5.74) is 0.481. The van der Waals surface area contributed by atoms with Gasteiger partial charge in [-0.25, -0.2) is 0 Å². The summed E-state index contributed by atoms with van der Waals surface area (Å²) < 4.78 is 5.08. The van der Waals surface area contributed by atoms with Gasteiger partial charge in [0.1, 0.15) is 5.75 Å². The summed E-state index contributed by atoms with van der Waals surface area (Å²) in [4.78, 5) is 13.5. The molecule has 1 amide bonds. The number of carbonyl (C=O) groups is 1. The van der Waals surface area contributed by atoms with Gasteiger partial charge in [0.25, 0.3) is 11.9 Å². The number of nitrogens with one attached hydrogen (secondary N) is 1. The molecule has 0 saturated carbocycles. The van der Waals surface area contributed by atoms with Gasteiger partial charge in [-0.1, -0.05) is 24.5 Å². The Labute approximate surface area is 116 Å². The first-order valence-corrected chi connectivity index (χ1v) is 6.46. The summed E-state index contributed by atoms with van der Waals surface area (Å²) >= 11 is 0. The summed E-state index contributed by atoms with van der Waals surface area (Å²) in [5, 5.41) is 14.4. The van der Waals surface area contributed by atoms with E-state index in [1.807, 2.05) is 0 Å². The van der Waals surface area contributed by atoms with Gasteiger partial charge in [0.15, 0.2) is 0 Å². The molecule has 1 heterocycles. The number of nitrogens with zero attached hydrogens (tertiary/aromatic N) is 4. The molecular formula is C13H17N5O2. The number of methoxy groups -OCH3 is 1. The molecule has 2 aromatic rings. The van der Waals surface area contributed by atoms with Crippen molar-refractivity contribution in [1.82, 2.24) is 20.2 Å². The Bertz CT molecular complexity index is 582. The molecule has 0 atom stereocenters. The molecule has 7 nitrogen and oxygen atoms in total. The molecule has 2 rings (SSSR count). The third-order valence-electron chi connectivity index (χ3n) is 2.72. The zero-order valence-electron chi connectivity index (χ0n) is 11.5.